The summed E-state index contributed by atoms with van der Waals surface area (Å²) in [6, 6.07) is 7.61. The molecule has 1 heterocycles. The molecule has 110 valence electrons. The minimum absolute atomic E-state index is 0. The van der Waals surface area contributed by atoms with Gasteiger partial charge in [-0.1, -0.05) is 18.2 Å². The first-order chi connectivity index (χ1) is 9.38. The summed E-state index contributed by atoms with van der Waals surface area (Å²) in [7, 11) is 1.58. The van der Waals surface area contributed by atoms with E-state index in [4.69, 9.17) is 23.7 Å². The average molecular weight is 449 g/mol. The van der Waals surface area contributed by atoms with Crippen molar-refractivity contribution in [3.05, 3.63) is 42.7 Å². The largest absolute Gasteiger partial charge is 0.568 e. The average Bonchev–Trinajstić information content (AvgIpc) is 3.25. The molecule has 1 saturated heterocycles. The van der Waals surface area contributed by atoms with Crippen LogP contribution >= 0.6 is 0 Å². The minimum Gasteiger partial charge on any atom is -0.568 e. The van der Waals surface area contributed by atoms with Gasteiger partial charge < -0.3 is 23.7 Å². The summed E-state index contributed by atoms with van der Waals surface area (Å²) in [6.45, 7) is 2.74. The third-order valence-electron chi connectivity index (χ3n) is 2.34. The smallest absolute Gasteiger partial charge is 0.189 e. The fourth-order valence-electron chi connectivity index (χ4n) is 1.32. The number of benzene rings is 1. The molecule has 0 spiro atoms. The Morgan fingerprint density at radius 1 is 1.25 bits per heavy atom. The molecule has 0 saturated carbocycles. The predicted molar refractivity (Wildman–Crippen MR) is 69.1 cm³/mol. The standard InChI is InChI=1S/C14H17O5.W/c1-15-10-16-7-6-12-2-4-13(5-3-12)19-11-17-8-14-9-18-14;/h2-7,9,14H,8,10-11H2,1H3;/q-1;. The molecule has 0 amide bonds. The monoisotopic (exact) mass is 449 g/mol. The second kappa shape index (κ2) is 9.94. The van der Waals surface area contributed by atoms with E-state index in [9.17, 15) is 0 Å². The van der Waals surface area contributed by atoms with E-state index < -0.39 is 0 Å². The summed E-state index contributed by atoms with van der Waals surface area (Å²) >= 11 is 0. The summed E-state index contributed by atoms with van der Waals surface area (Å²) in [5.41, 5.74) is 1.02. The fraction of sp³-hybridized carbons (Fsp3) is 0.357. The van der Waals surface area contributed by atoms with Gasteiger partial charge in [0.1, 0.15) is 5.75 Å². The minimum atomic E-state index is 0. The van der Waals surface area contributed by atoms with Gasteiger partial charge >= 0.3 is 0 Å². The van der Waals surface area contributed by atoms with E-state index in [1.807, 2.05) is 30.3 Å². The molecule has 0 aliphatic carbocycles. The van der Waals surface area contributed by atoms with Gasteiger partial charge in [-0.25, -0.2) is 0 Å². The molecule has 0 aromatic heterocycles. The van der Waals surface area contributed by atoms with E-state index in [1.54, 1.807) is 20.0 Å². The molecule has 1 aliphatic rings. The Kier molecular flexibility index (Phi) is 8.54. The Morgan fingerprint density at radius 3 is 2.65 bits per heavy atom. The molecule has 2 rings (SSSR count). The summed E-state index contributed by atoms with van der Waals surface area (Å²) in [4.78, 5) is 0. The van der Waals surface area contributed by atoms with Gasteiger partial charge in [0, 0.05) is 34.8 Å². The molecule has 1 aromatic rings. The van der Waals surface area contributed by atoms with Crippen LogP contribution in [-0.2, 0) is 40.0 Å². The molecule has 1 fully saturated rings. The Hall–Kier alpha value is -0.872. The normalized spacial score (nSPS) is 16.8. The molecular weight excluding hydrogens is 432 g/mol. The summed E-state index contributed by atoms with van der Waals surface area (Å²) in [5.74, 6) is 0.760. The van der Waals surface area contributed by atoms with Crippen LogP contribution < -0.4 is 4.74 Å². The van der Waals surface area contributed by atoms with E-state index in [-0.39, 0.29) is 40.8 Å². The van der Waals surface area contributed by atoms with E-state index in [0.717, 1.165) is 11.3 Å². The van der Waals surface area contributed by atoms with Crippen molar-refractivity contribution in [2.24, 2.45) is 0 Å². The number of rotatable bonds is 9. The van der Waals surface area contributed by atoms with E-state index >= 15 is 0 Å². The number of ether oxygens (including phenoxy) is 5. The number of hydrogen-bond donors (Lipinski definition) is 0. The van der Waals surface area contributed by atoms with Crippen molar-refractivity contribution >= 4 is 6.08 Å². The van der Waals surface area contributed by atoms with Crippen LogP contribution in [0.15, 0.2) is 30.5 Å². The molecule has 5 nitrogen and oxygen atoms in total. The molecule has 1 atom stereocenters. The second-order valence-electron chi connectivity index (χ2n) is 3.89. The van der Waals surface area contributed by atoms with Crippen LogP contribution in [0.25, 0.3) is 6.08 Å². The van der Waals surface area contributed by atoms with Gasteiger partial charge in [0.25, 0.3) is 0 Å². The van der Waals surface area contributed by atoms with Gasteiger partial charge in [-0.3, -0.25) is 0 Å². The molecule has 1 unspecified atom stereocenters. The van der Waals surface area contributed by atoms with Gasteiger partial charge in [-0.05, 0) is 23.8 Å². The molecule has 1 aliphatic heterocycles. The topological polar surface area (TPSA) is 49.5 Å². The molecule has 20 heavy (non-hydrogen) atoms. The summed E-state index contributed by atoms with van der Waals surface area (Å²) in [5, 5.41) is 0. The van der Waals surface area contributed by atoms with Crippen LogP contribution in [0, 0.1) is 6.61 Å². The Bertz CT molecular complexity index is 389. The van der Waals surface area contributed by atoms with Crippen molar-refractivity contribution in [2.75, 3.05) is 27.3 Å². The van der Waals surface area contributed by atoms with Gasteiger partial charge in [0.05, 0.1) is 6.26 Å². The maximum absolute atomic E-state index is 5.42. The van der Waals surface area contributed by atoms with E-state index in [1.165, 1.54) is 0 Å². The quantitative estimate of drug-likeness (QED) is 0.190. The van der Waals surface area contributed by atoms with Crippen LogP contribution in [0.2, 0.25) is 0 Å². The van der Waals surface area contributed by atoms with Crippen LogP contribution in [0.3, 0.4) is 0 Å². The maximum atomic E-state index is 5.42. The second-order valence-corrected chi connectivity index (χ2v) is 3.89. The molecule has 0 N–H and O–H groups in total. The van der Waals surface area contributed by atoms with Crippen molar-refractivity contribution in [1.29, 1.82) is 0 Å². The zero-order valence-corrected chi connectivity index (χ0v) is 14.1. The first kappa shape index (κ1) is 17.2. The zero-order chi connectivity index (χ0) is 13.3. The van der Waals surface area contributed by atoms with Gasteiger partial charge in [0.15, 0.2) is 13.6 Å². The van der Waals surface area contributed by atoms with Crippen molar-refractivity contribution in [2.45, 2.75) is 6.10 Å². The van der Waals surface area contributed by atoms with Crippen molar-refractivity contribution in [1.82, 2.24) is 0 Å². The van der Waals surface area contributed by atoms with Crippen LogP contribution in [0.4, 0.5) is 0 Å². The first-order valence-electron chi connectivity index (χ1n) is 5.95. The Balaban J connectivity index is 0.00000200. The number of hydrogen-bond acceptors (Lipinski definition) is 5. The first-order valence-corrected chi connectivity index (χ1v) is 5.95. The van der Waals surface area contributed by atoms with Crippen molar-refractivity contribution in [3.63, 3.8) is 0 Å². The van der Waals surface area contributed by atoms with Gasteiger partial charge in [-0.2, -0.15) is 6.61 Å². The SMILES string of the molecule is COCOC=Cc1ccc(OCOCC2[CH-]O2)cc1.[W]. The summed E-state index contributed by atoms with van der Waals surface area (Å²) in [6.07, 6.45) is 3.58. The molecular formula is C14H17O5W-. The van der Waals surface area contributed by atoms with E-state index in [2.05, 4.69) is 0 Å². The zero-order valence-electron chi connectivity index (χ0n) is 11.2. The van der Waals surface area contributed by atoms with Crippen molar-refractivity contribution < 1.29 is 44.7 Å². The maximum Gasteiger partial charge on any atom is 0.189 e. The number of epoxide rings is 1. The van der Waals surface area contributed by atoms with Gasteiger partial charge in [-0.15, -0.1) is 0 Å². The fourth-order valence-corrected chi connectivity index (χ4v) is 1.32. The van der Waals surface area contributed by atoms with Crippen LogP contribution in [0.5, 0.6) is 5.75 Å². The Morgan fingerprint density at radius 2 is 2.00 bits per heavy atom. The molecule has 1 aromatic carbocycles. The van der Waals surface area contributed by atoms with Crippen molar-refractivity contribution in [3.8, 4) is 5.75 Å². The van der Waals surface area contributed by atoms with Gasteiger partial charge in [0.2, 0.25) is 0 Å². The third-order valence-corrected chi connectivity index (χ3v) is 2.34. The van der Waals surface area contributed by atoms with E-state index in [0.29, 0.717) is 6.61 Å². The molecule has 6 heteroatoms. The molecule has 0 bridgehead atoms. The summed E-state index contributed by atoms with van der Waals surface area (Å²) < 4.78 is 25.4. The number of methoxy groups -OCH3 is 1. The molecule has 0 radical (unpaired) electrons. The Labute approximate surface area is 133 Å². The van der Waals surface area contributed by atoms with Crippen LogP contribution in [-0.4, -0.2) is 33.4 Å². The third kappa shape index (κ3) is 7.06. The van der Waals surface area contributed by atoms with Crippen LogP contribution in [0.1, 0.15) is 5.56 Å². The predicted octanol–water partition coefficient (Wildman–Crippen LogP) is 2.19.